The molecule has 0 bridgehead atoms. The molecule has 1 N–H and O–H groups in total. The molecule has 3 aromatic rings. The number of hydrogen-bond donors (Lipinski definition) is 1. The Morgan fingerprint density at radius 1 is 0.778 bits per heavy atom. The summed E-state index contributed by atoms with van der Waals surface area (Å²) in [5.74, 6) is 0.333. The molecule has 5 heteroatoms. The Morgan fingerprint density at radius 3 is 1.67 bits per heavy atom. The van der Waals surface area contributed by atoms with Crippen molar-refractivity contribution >= 4 is 7.82 Å². The molecule has 0 aliphatic carbocycles. The summed E-state index contributed by atoms with van der Waals surface area (Å²) in [6.07, 6.45) is 1.65. The standard InChI is InChI=1S/C12H10.C10H15O4P/c1-3-7-11(8-4-1)12-9-5-2-6-10-12;1-2-3-9-13-15(11,12)14-10-7-5-4-6-8-10/h1-10H;4-8H,2-3,9H2,1H3,(H,11,12). The summed E-state index contributed by atoms with van der Waals surface area (Å²) < 4.78 is 21.0. The second-order valence-corrected chi connectivity index (χ2v) is 7.17. The fourth-order valence-corrected chi connectivity index (χ4v) is 3.03. The van der Waals surface area contributed by atoms with Crippen LogP contribution in [0.15, 0.2) is 91.0 Å². The van der Waals surface area contributed by atoms with Crippen LogP contribution in [-0.4, -0.2) is 11.5 Å². The van der Waals surface area contributed by atoms with Crippen molar-refractivity contribution in [1.82, 2.24) is 0 Å². The number of para-hydroxylation sites is 1. The SMILES string of the molecule is CCCCOP(=O)(O)Oc1ccccc1.c1ccc(-c2ccccc2)cc1. The van der Waals surface area contributed by atoms with Crippen LogP contribution in [0.3, 0.4) is 0 Å². The lowest BCUT2D eigenvalue weighted by atomic mass is 10.1. The second-order valence-electron chi connectivity index (χ2n) is 5.79. The molecule has 0 fully saturated rings. The maximum absolute atomic E-state index is 11.4. The Bertz CT molecular complexity index is 770. The predicted octanol–water partition coefficient (Wildman–Crippen LogP) is 6.34. The van der Waals surface area contributed by atoms with Gasteiger partial charge in [-0.25, -0.2) is 4.57 Å². The quantitative estimate of drug-likeness (QED) is 0.382. The summed E-state index contributed by atoms with van der Waals surface area (Å²) in [7, 11) is -3.94. The Balaban J connectivity index is 0.000000198. The Hall–Kier alpha value is -2.39. The Kier molecular flexibility index (Phi) is 8.79. The van der Waals surface area contributed by atoms with E-state index in [1.165, 1.54) is 11.1 Å². The predicted molar refractivity (Wildman–Crippen MR) is 110 cm³/mol. The number of unbranched alkanes of at least 4 members (excludes halogenated alkanes) is 1. The number of rotatable bonds is 7. The number of hydrogen-bond acceptors (Lipinski definition) is 3. The van der Waals surface area contributed by atoms with Gasteiger partial charge >= 0.3 is 7.82 Å². The third kappa shape index (κ3) is 8.23. The minimum absolute atomic E-state index is 0.233. The van der Waals surface area contributed by atoms with Crippen molar-refractivity contribution < 1.29 is 18.5 Å². The minimum Gasteiger partial charge on any atom is -0.404 e. The summed E-state index contributed by atoms with van der Waals surface area (Å²) in [6.45, 7) is 2.21. The zero-order valence-electron chi connectivity index (χ0n) is 15.4. The van der Waals surface area contributed by atoms with Crippen LogP contribution >= 0.6 is 7.82 Å². The number of phosphoric ester groups is 1. The van der Waals surface area contributed by atoms with E-state index in [1.54, 1.807) is 30.3 Å². The normalized spacial score (nSPS) is 12.4. The maximum Gasteiger partial charge on any atom is 0.527 e. The second kappa shape index (κ2) is 11.3. The van der Waals surface area contributed by atoms with Gasteiger partial charge in [0, 0.05) is 0 Å². The van der Waals surface area contributed by atoms with Crippen LogP contribution in [0.5, 0.6) is 5.75 Å². The van der Waals surface area contributed by atoms with Crippen molar-refractivity contribution in [2.75, 3.05) is 6.61 Å². The molecule has 0 aliphatic rings. The highest BCUT2D eigenvalue weighted by Crippen LogP contribution is 2.43. The van der Waals surface area contributed by atoms with Gasteiger partial charge in [0.05, 0.1) is 6.61 Å². The van der Waals surface area contributed by atoms with Gasteiger partial charge in [0.1, 0.15) is 5.75 Å². The van der Waals surface area contributed by atoms with E-state index in [2.05, 4.69) is 48.5 Å². The Morgan fingerprint density at radius 2 is 1.22 bits per heavy atom. The van der Waals surface area contributed by atoms with Crippen LogP contribution in [0.2, 0.25) is 0 Å². The molecule has 0 aromatic heterocycles. The van der Waals surface area contributed by atoms with Crippen molar-refractivity contribution in [3.63, 3.8) is 0 Å². The van der Waals surface area contributed by atoms with Gasteiger partial charge < -0.3 is 4.52 Å². The average Bonchev–Trinajstić information content (AvgIpc) is 2.70. The molecule has 1 atom stereocenters. The van der Waals surface area contributed by atoms with Gasteiger partial charge in [0.2, 0.25) is 0 Å². The molecule has 0 saturated heterocycles. The molecule has 0 saturated carbocycles. The minimum atomic E-state index is -3.94. The van der Waals surface area contributed by atoms with E-state index >= 15 is 0 Å². The highest BCUT2D eigenvalue weighted by molar-refractivity contribution is 7.47. The van der Waals surface area contributed by atoms with E-state index in [-0.39, 0.29) is 6.61 Å². The fraction of sp³-hybridized carbons (Fsp3) is 0.182. The van der Waals surface area contributed by atoms with E-state index in [4.69, 9.17) is 9.05 Å². The third-order valence-electron chi connectivity index (χ3n) is 3.60. The molecule has 0 aliphatic heterocycles. The molecule has 3 rings (SSSR count). The summed E-state index contributed by atoms with van der Waals surface area (Å²) >= 11 is 0. The fourth-order valence-electron chi connectivity index (χ4n) is 2.23. The van der Waals surface area contributed by atoms with E-state index in [0.717, 1.165) is 12.8 Å². The first kappa shape index (κ1) is 20.9. The zero-order chi connectivity index (χ0) is 19.4. The van der Waals surface area contributed by atoms with Crippen LogP contribution in [-0.2, 0) is 9.09 Å². The largest absolute Gasteiger partial charge is 0.527 e. The lowest BCUT2D eigenvalue weighted by molar-refractivity contribution is 0.201. The van der Waals surface area contributed by atoms with Crippen LogP contribution < -0.4 is 4.52 Å². The monoisotopic (exact) mass is 384 g/mol. The van der Waals surface area contributed by atoms with E-state index < -0.39 is 7.82 Å². The van der Waals surface area contributed by atoms with E-state index in [1.807, 2.05) is 19.1 Å². The van der Waals surface area contributed by atoms with Crippen LogP contribution in [0, 0.1) is 0 Å². The van der Waals surface area contributed by atoms with Crippen LogP contribution in [0.25, 0.3) is 11.1 Å². The maximum atomic E-state index is 11.4. The van der Waals surface area contributed by atoms with E-state index in [9.17, 15) is 9.46 Å². The highest BCUT2D eigenvalue weighted by atomic mass is 31.2. The lowest BCUT2D eigenvalue weighted by Gasteiger charge is -2.12. The van der Waals surface area contributed by atoms with Gasteiger partial charge in [-0.15, -0.1) is 0 Å². The van der Waals surface area contributed by atoms with Crippen molar-refractivity contribution in [1.29, 1.82) is 0 Å². The van der Waals surface area contributed by atoms with Gasteiger partial charge in [-0.1, -0.05) is 92.2 Å². The molecule has 4 nitrogen and oxygen atoms in total. The van der Waals surface area contributed by atoms with Crippen molar-refractivity contribution in [2.24, 2.45) is 0 Å². The smallest absolute Gasteiger partial charge is 0.404 e. The topological polar surface area (TPSA) is 55.8 Å². The lowest BCUT2D eigenvalue weighted by Crippen LogP contribution is -1.98. The molecule has 27 heavy (non-hydrogen) atoms. The van der Waals surface area contributed by atoms with Crippen molar-refractivity contribution in [2.45, 2.75) is 19.8 Å². The summed E-state index contributed by atoms with van der Waals surface area (Å²) in [5.41, 5.74) is 2.55. The first-order valence-corrected chi connectivity index (χ1v) is 10.4. The first-order chi connectivity index (χ1) is 13.1. The molecule has 0 heterocycles. The summed E-state index contributed by atoms with van der Waals surface area (Å²) in [6, 6.07) is 29.2. The van der Waals surface area contributed by atoms with Crippen molar-refractivity contribution in [3.05, 3.63) is 91.0 Å². The Labute approximate surface area is 161 Å². The highest BCUT2D eigenvalue weighted by Gasteiger charge is 2.22. The molecule has 142 valence electrons. The molecule has 3 aromatic carbocycles. The van der Waals surface area contributed by atoms with Gasteiger partial charge in [0.25, 0.3) is 0 Å². The molecule has 1 unspecified atom stereocenters. The van der Waals surface area contributed by atoms with Crippen molar-refractivity contribution in [3.8, 4) is 16.9 Å². The molecule has 0 spiro atoms. The van der Waals surface area contributed by atoms with E-state index in [0.29, 0.717) is 5.75 Å². The third-order valence-corrected chi connectivity index (χ3v) is 4.55. The summed E-state index contributed by atoms with van der Waals surface area (Å²) in [4.78, 5) is 9.31. The number of phosphoric acid groups is 1. The molecular formula is C22H25O4P. The molecule has 0 radical (unpaired) electrons. The van der Waals surface area contributed by atoms with Crippen LogP contribution in [0.1, 0.15) is 19.8 Å². The first-order valence-electron chi connectivity index (χ1n) is 8.93. The van der Waals surface area contributed by atoms with Gasteiger partial charge in [-0.05, 0) is 29.7 Å². The van der Waals surface area contributed by atoms with Crippen LogP contribution in [0.4, 0.5) is 0 Å². The van der Waals surface area contributed by atoms with Gasteiger partial charge in [-0.3, -0.25) is 9.42 Å². The average molecular weight is 384 g/mol. The van der Waals surface area contributed by atoms with Gasteiger partial charge in [-0.2, -0.15) is 0 Å². The summed E-state index contributed by atoms with van der Waals surface area (Å²) in [5, 5.41) is 0. The van der Waals surface area contributed by atoms with Gasteiger partial charge in [0.15, 0.2) is 0 Å². The molecule has 0 amide bonds. The number of benzene rings is 3. The molecular weight excluding hydrogens is 359 g/mol. The zero-order valence-corrected chi connectivity index (χ0v) is 16.3.